The average Bonchev–Trinajstić information content (AvgIpc) is 2.46. The molecular formula is C13H16N2O5. The Kier molecular flexibility index (Phi) is 4.19. The van der Waals surface area contributed by atoms with Crippen LogP contribution in [0.3, 0.4) is 0 Å². The van der Waals surface area contributed by atoms with Crippen LogP contribution in [0.25, 0.3) is 0 Å². The summed E-state index contributed by atoms with van der Waals surface area (Å²) < 4.78 is 5.16. The van der Waals surface area contributed by atoms with Gasteiger partial charge in [-0.1, -0.05) is 0 Å². The van der Waals surface area contributed by atoms with E-state index < -0.39 is 17.3 Å². The second-order valence-electron chi connectivity index (χ2n) is 4.77. The van der Waals surface area contributed by atoms with Crippen molar-refractivity contribution in [1.82, 2.24) is 10.3 Å². The van der Waals surface area contributed by atoms with Gasteiger partial charge in [0, 0.05) is 26.0 Å². The number of carbonyl (C=O) groups is 2. The molecule has 1 aliphatic heterocycles. The number of carboxylic acids is 1. The third kappa shape index (κ3) is 2.88. The lowest BCUT2D eigenvalue weighted by Gasteiger charge is -2.33. The maximum absolute atomic E-state index is 11.9. The highest BCUT2D eigenvalue weighted by Gasteiger charge is 2.40. The quantitative estimate of drug-likeness (QED) is 0.736. The van der Waals surface area contributed by atoms with Crippen molar-refractivity contribution in [2.75, 3.05) is 19.8 Å². The molecule has 1 aromatic rings. The monoisotopic (exact) mass is 280 g/mol. The summed E-state index contributed by atoms with van der Waals surface area (Å²) >= 11 is 0. The summed E-state index contributed by atoms with van der Waals surface area (Å²) in [5, 5.41) is 21.5. The number of aliphatic carboxylic acids is 1. The fourth-order valence-corrected chi connectivity index (χ4v) is 2.15. The first-order chi connectivity index (χ1) is 9.55. The van der Waals surface area contributed by atoms with E-state index in [9.17, 15) is 19.8 Å². The predicted octanol–water partition coefficient (Wildman–Crippen LogP) is 0.398. The molecule has 7 nitrogen and oxygen atoms in total. The van der Waals surface area contributed by atoms with Gasteiger partial charge < -0.3 is 20.3 Å². The van der Waals surface area contributed by atoms with Gasteiger partial charge in [-0.15, -0.1) is 0 Å². The molecule has 108 valence electrons. The van der Waals surface area contributed by atoms with Crippen LogP contribution in [-0.2, 0) is 9.53 Å². The smallest absolute Gasteiger partial charge is 0.311 e. The SMILES string of the molecule is O=C(NCC1(C(=O)O)CCOCC1)c1ccncc1O. The first-order valence-corrected chi connectivity index (χ1v) is 6.27. The minimum Gasteiger partial charge on any atom is -0.505 e. The molecule has 20 heavy (non-hydrogen) atoms. The first kappa shape index (κ1) is 14.3. The van der Waals surface area contributed by atoms with Crippen molar-refractivity contribution in [3.63, 3.8) is 0 Å². The van der Waals surface area contributed by atoms with Gasteiger partial charge in [-0.25, -0.2) is 0 Å². The zero-order valence-electron chi connectivity index (χ0n) is 10.8. The van der Waals surface area contributed by atoms with E-state index in [1.165, 1.54) is 12.3 Å². The fraction of sp³-hybridized carbons (Fsp3) is 0.462. The summed E-state index contributed by atoms with van der Waals surface area (Å²) in [6.45, 7) is 0.734. The van der Waals surface area contributed by atoms with Crippen LogP contribution in [0.15, 0.2) is 18.5 Å². The van der Waals surface area contributed by atoms with E-state index in [2.05, 4.69) is 10.3 Å². The highest BCUT2D eigenvalue weighted by molar-refractivity contribution is 5.96. The second kappa shape index (κ2) is 5.87. The van der Waals surface area contributed by atoms with Gasteiger partial charge in [-0.3, -0.25) is 14.6 Å². The normalized spacial score (nSPS) is 17.4. The molecule has 2 heterocycles. The van der Waals surface area contributed by atoms with Crippen LogP contribution in [0.2, 0.25) is 0 Å². The van der Waals surface area contributed by atoms with Gasteiger partial charge in [0.15, 0.2) is 0 Å². The number of aromatic hydroxyl groups is 1. The number of rotatable bonds is 4. The van der Waals surface area contributed by atoms with Crippen molar-refractivity contribution in [2.24, 2.45) is 5.41 Å². The van der Waals surface area contributed by atoms with E-state index >= 15 is 0 Å². The van der Waals surface area contributed by atoms with Gasteiger partial charge in [0.2, 0.25) is 0 Å². The lowest BCUT2D eigenvalue weighted by atomic mass is 9.80. The molecule has 0 saturated carbocycles. The Hall–Kier alpha value is -2.15. The second-order valence-corrected chi connectivity index (χ2v) is 4.77. The molecule has 1 saturated heterocycles. The van der Waals surface area contributed by atoms with Crippen LogP contribution in [0, 0.1) is 5.41 Å². The van der Waals surface area contributed by atoms with Gasteiger partial charge in [-0.2, -0.15) is 0 Å². The Bertz CT molecular complexity index is 511. The van der Waals surface area contributed by atoms with Crippen molar-refractivity contribution in [3.8, 4) is 5.75 Å². The number of nitrogens with zero attached hydrogens (tertiary/aromatic N) is 1. The van der Waals surface area contributed by atoms with Gasteiger partial charge >= 0.3 is 5.97 Å². The van der Waals surface area contributed by atoms with Crippen molar-refractivity contribution in [2.45, 2.75) is 12.8 Å². The van der Waals surface area contributed by atoms with Crippen LogP contribution >= 0.6 is 0 Å². The Labute approximate surface area is 115 Å². The molecule has 0 aliphatic carbocycles. The molecule has 1 amide bonds. The minimum atomic E-state index is -1.00. The Morgan fingerprint density at radius 3 is 2.70 bits per heavy atom. The molecule has 0 aromatic carbocycles. The summed E-state index contributed by atoms with van der Waals surface area (Å²) in [5.74, 6) is -1.70. The standard InChI is InChI=1S/C13H16N2O5/c16-10-7-14-4-1-9(10)11(17)15-8-13(12(18)19)2-5-20-6-3-13/h1,4,7,16H,2-3,5-6,8H2,(H,15,17)(H,18,19). The van der Waals surface area contributed by atoms with Crippen molar-refractivity contribution >= 4 is 11.9 Å². The van der Waals surface area contributed by atoms with E-state index in [-0.39, 0.29) is 17.9 Å². The molecule has 0 spiro atoms. The van der Waals surface area contributed by atoms with E-state index in [0.29, 0.717) is 26.1 Å². The lowest BCUT2D eigenvalue weighted by Crippen LogP contribution is -2.46. The van der Waals surface area contributed by atoms with Crippen LogP contribution in [0.1, 0.15) is 23.2 Å². The van der Waals surface area contributed by atoms with Gasteiger partial charge in [-0.05, 0) is 18.9 Å². The minimum absolute atomic E-state index is 0.00624. The highest BCUT2D eigenvalue weighted by atomic mass is 16.5. The third-order valence-corrected chi connectivity index (χ3v) is 3.54. The van der Waals surface area contributed by atoms with Crippen LogP contribution < -0.4 is 5.32 Å². The van der Waals surface area contributed by atoms with Gasteiger partial charge in [0.25, 0.3) is 5.91 Å². The Morgan fingerprint density at radius 1 is 1.40 bits per heavy atom. The maximum atomic E-state index is 11.9. The summed E-state index contributed by atoms with van der Waals surface area (Å²) in [4.78, 5) is 27.1. The number of carboxylic acid groups (broad SMARTS) is 1. The number of ether oxygens (including phenoxy) is 1. The number of hydrogen-bond acceptors (Lipinski definition) is 5. The average molecular weight is 280 g/mol. The number of aromatic nitrogens is 1. The van der Waals surface area contributed by atoms with Crippen LogP contribution in [0.4, 0.5) is 0 Å². The number of nitrogens with one attached hydrogen (secondary N) is 1. The maximum Gasteiger partial charge on any atom is 0.311 e. The summed E-state index contributed by atoms with van der Waals surface area (Å²) in [5.41, 5.74) is -0.927. The predicted molar refractivity (Wildman–Crippen MR) is 68.4 cm³/mol. The summed E-state index contributed by atoms with van der Waals surface area (Å²) in [7, 11) is 0. The molecule has 2 rings (SSSR count). The summed E-state index contributed by atoms with van der Waals surface area (Å²) in [6, 6.07) is 1.38. The molecule has 0 atom stereocenters. The molecule has 0 unspecified atom stereocenters. The Morgan fingerprint density at radius 2 is 2.10 bits per heavy atom. The van der Waals surface area contributed by atoms with Crippen LogP contribution in [-0.4, -0.2) is 46.8 Å². The first-order valence-electron chi connectivity index (χ1n) is 6.27. The van der Waals surface area contributed by atoms with E-state index in [4.69, 9.17) is 4.74 Å². The van der Waals surface area contributed by atoms with Gasteiger partial charge in [0.1, 0.15) is 5.75 Å². The van der Waals surface area contributed by atoms with Crippen LogP contribution in [0.5, 0.6) is 5.75 Å². The molecule has 7 heteroatoms. The van der Waals surface area contributed by atoms with Crippen molar-refractivity contribution in [3.05, 3.63) is 24.0 Å². The van der Waals surface area contributed by atoms with Crippen molar-refractivity contribution in [1.29, 1.82) is 0 Å². The topological polar surface area (TPSA) is 109 Å². The number of hydrogen-bond donors (Lipinski definition) is 3. The van der Waals surface area contributed by atoms with E-state index in [0.717, 1.165) is 6.20 Å². The van der Waals surface area contributed by atoms with E-state index in [1.54, 1.807) is 0 Å². The molecule has 0 bridgehead atoms. The zero-order chi connectivity index (χ0) is 14.6. The molecular weight excluding hydrogens is 264 g/mol. The number of carbonyl (C=O) groups excluding carboxylic acids is 1. The molecule has 1 fully saturated rings. The van der Waals surface area contributed by atoms with E-state index in [1.807, 2.05) is 0 Å². The van der Waals surface area contributed by atoms with Crippen molar-refractivity contribution < 1.29 is 24.5 Å². The molecule has 3 N–H and O–H groups in total. The molecule has 1 aliphatic rings. The summed E-state index contributed by atoms with van der Waals surface area (Å²) in [6.07, 6.45) is 3.25. The molecule has 0 radical (unpaired) electrons. The number of amides is 1. The Balaban J connectivity index is 2.05. The third-order valence-electron chi connectivity index (χ3n) is 3.54. The highest BCUT2D eigenvalue weighted by Crippen LogP contribution is 2.30. The number of pyridine rings is 1. The molecule has 1 aromatic heterocycles. The fourth-order valence-electron chi connectivity index (χ4n) is 2.15. The zero-order valence-corrected chi connectivity index (χ0v) is 10.8. The lowest BCUT2D eigenvalue weighted by molar-refractivity contribution is -0.154. The van der Waals surface area contributed by atoms with Gasteiger partial charge in [0.05, 0.1) is 17.2 Å². The largest absolute Gasteiger partial charge is 0.505 e.